The third kappa shape index (κ3) is 12.7. The van der Waals surface area contributed by atoms with E-state index >= 15 is 0 Å². The molecule has 4 aromatic rings. The van der Waals surface area contributed by atoms with Gasteiger partial charge >= 0.3 is 0 Å². The van der Waals surface area contributed by atoms with Crippen molar-refractivity contribution < 1.29 is 33.4 Å². The molecule has 2 aromatic heterocycles. The van der Waals surface area contributed by atoms with Crippen LogP contribution in [0.4, 0.5) is 0 Å². The SMILES string of the molecule is CCN(CC1CCN(C(C(=O)NC(Cc2cccc(-c3ccc4c(c3)c(CC(C)(C)COC=O)c(-c3cccnc3C(C)OC)n4CC)c2)C(=O)N2CCCCN2)C(C)C)C1=O)C(=O)C#CC(C)(C)N(C)C. The second kappa shape index (κ2) is 24.1. The van der Waals surface area contributed by atoms with Gasteiger partial charge in [0.1, 0.15) is 12.1 Å². The van der Waals surface area contributed by atoms with Crippen molar-refractivity contribution in [2.75, 3.05) is 60.5 Å². The third-order valence-electron chi connectivity index (χ3n) is 14.5. The predicted octanol–water partition coefficient (Wildman–Crippen LogP) is 7.06. The van der Waals surface area contributed by atoms with Gasteiger partial charge in [-0.25, -0.2) is 5.43 Å². The van der Waals surface area contributed by atoms with Crippen LogP contribution < -0.4 is 10.7 Å². The van der Waals surface area contributed by atoms with Gasteiger partial charge < -0.3 is 29.2 Å². The highest BCUT2D eigenvalue weighted by Crippen LogP contribution is 2.42. The average Bonchev–Trinajstić information content (AvgIpc) is 3.87. The number of hydrazine groups is 1. The number of hydrogen-bond acceptors (Lipinski definition) is 10. The van der Waals surface area contributed by atoms with Gasteiger partial charge in [-0.2, -0.15) is 0 Å². The molecule has 4 heterocycles. The Balaban J connectivity index is 1.31. The molecule has 4 amide bonds. The molecule has 0 spiro atoms. The van der Waals surface area contributed by atoms with E-state index in [0.29, 0.717) is 52.0 Å². The normalized spacial score (nSPS) is 16.6. The van der Waals surface area contributed by atoms with Gasteiger partial charge in [-0.05, 0) is 133 Å². The van der Waals surface area contributed by atoms with E-state index < -0.39 is 34.9 Å². The quantitative estimate of drug-likeness (QED) is 0.0655. The third-order valence-corrected chi connectivity index (χ3v) is 14.5. The first-order valence-corrected chi connectivity index (χ1v) is 25.7. The summed E-state index contributed by atoms with van der Waals surface area (Å²) in [6, 6.07) is 16.9. The molecule has 0 bridgehead atoms. The summed E-state index contributed by atoms with van der Waals surface area (Å²) in [6.07, 6.45) is 4.62. The maximum Gasteiger partial charge on any atom is 0.298 e. The number of nitrogens with one attached hydrogen (secondary N) is 2. The Morgan fingerprint density at radius 2 is 1.75 bits per heavy atom. The summed E-state index contributed by atoms with van der Waals surface area (Å²) >= 11 is 0. The van der Waals surface area contributed by atoms with Gasteiger partial charge in [0, 0.05) is 80.9 Å². The number of nitrogens with zero attached hydrogens (tertiary/aromatic N) is 6. The molecule has 0 radical (unpaired) electrons. The van der Waals surface area contributed by atoms with Crippen molar-refractivity contribution >= 4 is 41.0 Å². The first-order chi connectivity index (χ1) is 34.2. The smallest absolute Gasteiger partial charge is 0.298 e. The monoisotopic (exact) mass is 987 g/mol. The van der Waals surface area contributed by atoms with Gasteiger partial charge in [0.15, 0.2) is 0 Å². The van der Waals surface area contributed by atoms with E-state index in [1.807, 2.05) is 78.7 Å². The fourth-order valence-corrected chi connectivity index (χ4v) is 9.93. The lowest BCUT2D eigenvalue weighted by Gasteiger charge is -2.34. The van der Waals surface area contributed by atoms with Crippen molar-refractivity contribution in [2.45, 2.75) is 125 Å². The Labute approximate surface area is 427 Å². The van der Waals surface area contributed by atoms with E-state index in [9.17, 15) is 24.0 Å². The number of rotatable bonds is 21. The number of benzene rings is 2. The molecule has 2 aliphatic rings. The van der Waals surface area contributed by atoms with E-state index in [-0.39, 0.29) is 49.3 Å². The van der Waals surface area contributed by atoms with Gasteiger partial charge in [-0.15, -0.1) is 0 Å². The number of methoxy groups -OCH3 is 1. The van der Waals surface area contributed by atoms with Crippen molar-refractivity contribution in [2.24, 2.45) is 17.3 Å². The molecule has 388 valence electrons. The van der Waals surface area contributed by atoms with E-state index in [4.69, 9.17) is 14.5 Å². The largest absolute Gasteiger partial charge is 0.467 e. The lowest BCUT2D eigenvalue weighted by Crippen LogP contribution is -2.59. The molecule has 2 fully saturated rings. The van der Waals surface area contributed by atoms with Crippen LogP contribution in [0.5, 0.6) is 0 Å². The molecule has 2 aromatic carbocycles. The Morgan fingerprint density at radius 3 is 2.40 bits per heavy atom. The summed E-state index contributed by atoms with van der Waals surface area (Å²) in [5.74, 6) is 3.96. The van der Waals surface area contributed by atoms with Crippen LogP contribution in [-0.4, -0.2) is 138 Å². The molecule has 2 aliphatic heterocycles. The van der Waals surface area contributed by atoms with Crippen molar-refractivity contribution in [3.63, 3.8) is 0 Å². The molecule has 2 saturated heterocycles. The van der Waals surface area contributed by atoms with Gasteiger partial charge in [-0.1, -0.05) is 63.9 Å². The zero-order chi connectivity index (χ0) is 52.5. The van der Waals surface area contributed by atoms with E-state index in [0.717, 1.165) is 62.9 Å². The summed E-state index contributed by atoms with van der Waals surface area (Å²) in [5.41, 5.74) is 10.1. The number of likely N-dealkylation sites (tertiary alicyclic amines) is 1. The fraction of sp³-hybridized carbons (Fsp3) is 0.544. The number of aryl methyl sites for hydroxylation is 1. The second-order valence-electron chi connectivity index (χ2n) is 21.2. The number of aromatic nitrogens is 2. The summed E-state index contributed by atoms with van der Waals surface area (Å²) in [7, 11) is 5.50. The zero-order valence-electron chi connectivity index (χ0n) is 44.8. The Hall–Kier alpha value is -6.08. The summed E-state index contributed by atoms with van der Waals surface area (Å²) in [5, 5.41) is 5.82. The summed E-state index contributed by atoms with van der Waals surface area (Å²) in [4.78, 5) is 78.0. The number of carbonyl (C=O) groups is 5. The molecule has 4 unspecified atom stereocenters. The first kappa shape index (κ1) is 55.2. The van der Waals surface area contributed by atoms with Crippen molar-refractivity contribution in [1.82, 2.24) is 40.0 Å². The minimum absolute atomic E-state index is 0.185. The molecule has 15 heteroatoms. The van der Waals surface area contributed by atoms with E-state index in [1.54, 1.807) is 28.1 Å². The Bertz CT molecular complexity index is 2640. The Kier molecular flexibility index (Phi) is 18.5. The minimum atomic E-state index is -0.930. The maximum atomic E-state index is 14.6. The average molecular weight is 987 g/mol. The van der Waals surface area contributed by atoms with Crippen LogP contribution in [-0.2, 0) is 52.8 Å². The van der Waals surface area contributed by atoms with Crippen LogP contribution in [0.25, 0.3) is 33.3 Å². The molecular formula is C57H78N8O7. The zero-order valence-corrected chi connectivity index (χ0v) is 44.8. The van der Waals surface area contributed by atoms with Gasteiger partial charge in [0.25, 0.3) is 18.3 Å². The van der Waals surface area contributed by atoms with Crippen molar-refractivity contribution in [1.29, 1.82) is 0 Å². The lowest BCUT2D eigenvalue weighted by atomic mass is 9.84. The molecule has 0 aliphatic carbocycles. The molecule has 0 saturated carbocycles. The second-order valence-corrected chi connectivity index (χ2v) is 21.2. The van der Waals surface area contributed by atoms with Gasteiger partial charge in [0.2, 0.25) is 11.8 Å². The van der Waals surface area contributed by atoms with Crippen molar-refractivity contribution in [3.8, 4) is 34.2 Å². The van der Waals surface area contributed by atoms with Gasteiger partial charge in [-0.3, -0.25) is 38.9 Å². The van der Waals surface area contributed by atoms with Crippen LogP contribution >= 0.6 is 0 Å². The van der Waals surface area contributed by atoms with E-state index in [1.165, 1.54) is 0 Å². The molecule has 2 N–H and O–H groups in total. The van der Waals surface area contributed by atoms with E-state index in [2.05, 4.69) is 84.3 Å². The van der Waals surface area contributed by atoms with Crippen LogP contribution in [0.2, 0.25) is 0 Å². The maximum absolute atomic E-state index is 14.6. The topological polar surface area (TPSA) is 159 Å². The highest BCUT2D eigenvalue weighted by Gasteiger charge is 2.42. The Morgan fingerprint density at radius 1 is 1.00 bits per heavy atom. The van der Waals surface area contributed by atoms with Crippen LogP contribution in [0.3, 0.4) is 0 Å². The van der Waals surface area contributed by atoms with Crippen LogP contribution in [0.15, 0.2) is 60.8 Å². The highest BCUT2D eigenvalue weighted by molar-refractivity contribution is 5.97. The van der Waals surface area contributed by atoms with Crippen LogP contribution in [0, 0.1) is 29.1 Å². The predicted molar refractivity (Wildman–Crippen MR) is 282 cm³/mol. The van der Waals surface area contributed by atoms with Crippen molar-refractivity contribution in [3.05, 3.63) is 77.6 Å². The lowest BCUT2D eigenvalue weighted by molar-refractivity contribution is -0.144. The number of hydrogen-bond donors (Lipinski definition) is 2. The number of fused-ring (bicyclic) bond motifs is 1. The van der Waals surface area contributed by atoms with Gasteiger partial charge in [0.05, 0.1) is 35.6 Å². The number of pyridine rings is 1. The standard InChI is InChI=1S/C57H78N8O7/c1-13-62(49(67)24-26-57(8,9)61(10)11)35-43-25-30-64(54(43)69)51(38(3)4)53(68)60-47(55(70)65-29-16-15-28-59-65)32-40-19-17-20-41(31-40)42-22-23-48-45(33-42)46(34-56(6,7)36-72-37-66)52(63(48)14-2)44-21-18-27-58-50(44)39(5)71-12/h17-23,27,31,33,37-39,43,47,51,59H,13-16,25,28-30,32,34-36H2,1-12H3,(H,60,68). The fourth-order valence-electron chi connectivity index (χ4n) is 9.93. The molecule has 6 rings (SSSR count). The van der Waals surface area contributed by atoms with Crippen LogP contribution in [0.1, 0.15) is 105 Å². The molecule has 15 nitrogen and oxygen atoms in total. The highest BCUT2D eigenvalue weighted by atomic mass is 16.5. The molecule has 72 heavy (non-hydrogen) atoms. The number of carbonyl (C=O) groups excluding carboxylic acids is 5. The first-order valence-electron chi connectivity index (χ1n) is 25.7. The number of amides is 4. The summed E-state index contributed by atoms with van der Waals surface area (Å²) < 4.78 is 13.5. The molecule has 4 atom stereocenters. The number of ether oxygens (including phenoxy) is 2. The molecular weight excluding hydrogens is 909 g/mol. The summed E-state index contributed by atoms with van der Waals surface area (Å²) in [6.45, 7) is 21.5. The minimum Gasteiger partial charge on any atom is -0.467 e.